The summed E-state index contributed by atoms with van der Waals surface area (Å²) in [7, 11) is 0. The maximum Gasteiger partial charge on any atom is 0.150 e. The van der Waals surface area contributed by atoms with E-state index in [1.807, 2.05) is 6.07 Å². The number of piperidine rings is 1. The van der Waals surface area contributed by atoms with Crippen LogP contribution in [-0.4, -0.2) is 35.7 Å². The first-order chi connectivity index (χ1) is 8.40. The minimum Gasteiger partial charge on any atom is -0.360 e. The third-order valence-electron chi connectivity index (χ3n) is 3.85. The van der Waals surface area contributed by atoms with Gasteiger partial charge in [-0.2, -0.15) is 0 Å². The first-order valence-electron chi connectivity index (χ1n) is 6.75. The van der Waals surface area contributed by atoms with Crippen LogP contribution in [0, 0.1) is 5.92 Å². The third kappa shape index (κ3) is 3.30. The molecule has 1 aliphatic heterocycles. The second-order valence-electron chi connectivity index (χ2n) is 5.38. The van der Waals surface area contributed by atoms with Gasteiger partial charge in [-0.25, -0.2) is 0 Å². The fourth-order valence-electron chi connectivity index (χ4n) is 2.49. The van der Waals surface area contributed by atoms with Crippen LogP contribution in [0.5, 0.6) is 0 Å². The van der Waals surface area contributed by atoms with Gasteiger partial charge in [-0.05, 0) is 38.1 Å². The molecule has 4 nitrogen and oxygen atoms in total. The lowest BCUT2D eigenvalue weighted by Crippen LogP contribution is -2.42. The Morgan fingerprint density at radius 1 is 1.29 bits per heavy atom. The smallest absolute Gasteiger partial charge is 0.150 e. The van der Waals surface area contributed by atoms with Crippen molar-refractivity contribution >= 4 is 0 Å². The Bertz CT molecular complexity index is 326. The SMILES string of the molecule is c1cc(CN2CCC(NCC3CC3)CC2)on1. The quantitative estimate of drug-likeness (QED) is 0.842. The molecule has 1 aromatic heterocycles. The Balaban J connectivity index is 1.37. The van der Waals surface area contributed by atoms with Gasteiger partial charge in [-0.3, -0.25) is 4.90 Å². The molecule has 0 unspecified atom stereocenters. The Morgan fingerprint density at radius 2 is 2.12 bits per heavy atom. The minimum atomic E-state index is 0.738. The van der Waals surface area contributed by atoms with Crippen LogP contribution in [0.2, 0.25) is 0 Å². The van der Waals surface area contributed by atoms with Crippen LogP contribution in [0.4, 0.5) is 0 Å². The summed E-state index contributed by atoms with van der Waals surface area (Å²) in [5.74, 6) is 1.97. The van der Waals surface area contributed by atoms with Crippen molar-refractivity contribution in [2.75, 3.05) is 19.6 Å². The molecule has 1 aliphatic carbocycles. The number of nitrogens with zero attached hydrogens (tertiary/aromatic N) is 2. The van der Waals surface area contributed by atoms with Crippen LogP contribution in [0.15, 0.2) is 16.8 Å². The van der Waals surface area contributed by atoms with Gasteiger partial charge in [0.05, 0.1) is 12.7 Å². The van der Waals surface area contributed by atoms with Gasteiger partial charge >= 0.3 is 0 Å². The maximum atomic E-state index is 5.14. The molecule has 3 rings (SSSR count). The first-order valence-corrected chi connectivity index (χ1v) is 6.75. The molecule has 0 aromatic carbocycles. The number of likely N-dealkylation sites (tertiary alicyclic amines) is 1. The van der Waals surface area contributed by atoms with Gasteiger partial charge in [0.15, 0.2) is 5.76 Å². The molecule has 1 aromatic rings. The summed E-state index contributed by atoms with van der Waals surface area (Å²) in [6.07, 6.45) is 7.13. The average molecular weight is 235 g/mol. The van der Waals surface area contributed by atoms with Gasteiger partial charge in [0.1, 0.15) is 0 Å². The molecule has 1 saturated heterocycles. The van der Waals surface area contributed by atoms with Crippen LogP contribution in [0.3, 0.4) is 0 Å². The molecule has 2 aliphatic rings. The average Bonchev–Trinajstić information content (AvgIpc) is 3.05. The van der Waals surface area contributed by atoms with Gasteiger partial charge in [0.2, 0.25) is 0 Å². The van der Waals surface area contributed by atoms with E-state index in [2.05, 4.69) is 15.4 Å². The van der Waals surface area contributed by atoms with Crippen molar-refractivity contribution in [3.8, 4) is 0 Å². The third-order valence-corrected chi connectivity index (χ3v) is 3.85. The second-order valence-corrected chi connectivity index (χ2v) is 5.38. The summed E-state index contributed by atoms with van der Waals surface area (Å²) >= 11 is 0. The summed E-state index contributed by atoms with van der Waals surface area (Å²) in [4.78, 5) is 2.45. The minimum absolute atomic E-state index is 0.738. The lowest BCUT2D eigenvalue weighted by atomic mass is 10.0. The van der Waals surface area contributed by atoms with Crippen molar-refractivity contribution in [3.05, 3.63) is 18.0 Å². The number of hydrogen-bond donors (Lipinski definition) is 1. The van der Waals surface area contributed by atoms with E-state index >= 15 is 0 Å². The van der Waals surface area contributed by atoms with Gasteiger partial charge < -0.3 is 9.84 Å². The van der Waals surface area contributed by atoms with Gasteiger partial charge in [-0.15, -0.1) is 0 Å². The van der Waals surface area contributed by atoms with Crippen molar-refractivity contribution in [2.24, 2.45) is 5.92 Å². The van der Waals surface area contributed by atoms with E-state index in [4.69, 9.17) is 4.52 Å². The first kappa shape index (κ1) is 11.2. The van der Waals surface area contributed by atoms with E-state index in [-0.39, 0.29) is 0 Å². The van der Waals surface area contributed by atoms with E-state index in [1.165, 1.54) is 45.3 Å². The van der Waals surface area contributed by atoms with Crippen molar-refractivity contribution in [1.82, 2.24) is 15.4 Å². The highest BCUT2D eigenvalue weighted by Gasteiger charge is 2.24. The predicted molar refractivity (Wildman–Crippen MR) is 65.5 cm³/mol. The van der Waals surface area contributed by atoms with Crippen molar-refractivity contribution in [2.45, 2.75) is 38.3 Å². The number of nitrogens with one attached hydrogen (secondary N) is 1. The van der Waals surface area contributed by atoms with Crippen LogP contribution in [0.25, 0.3) is 0 Å². The molecule has 2 heterocycles. The van der Waals surface area contributed by atoms with E-state index in [0.717, 1.165) is 24.3 Å². The Morgan fingerprint density at radius 3 is 2.76 bits per heavy atom. The van der Waals surface area contributed by atoms with Gasteiger partial charge in [0.25, 0.3) is 0 Å². The van der Waals surface area contributed by atoms with Crippen LogP contribution in [0.1, 0.15) is 31.4 Å². The lowest BCUT2D eigenvalue weighted by molar-refractivity contribution is 0.173. The monoisotopic (exact) mass is 235 g/mol. The van der Waals surface area contributed by atoms with Gasteiger partial charge in [-0.1, -0.05) is 5.16 Å². The van der Waals surface area contributed by atoms with Crippen molar-refractivity contribution in [1.29, 1.82) is 0 Å². The molecule has 0 radical (unpaired) electrons. The molecular formula is C13H21N3O. The Hall–Kier alpha value is -0.870. The Labute approximate surface area is 102 Å². The molecule has 1 saturated carbocycles. The zero-order valence-corrected chi connectivity index (χ0v) is 10.3. The van der Waals surface area contributed by atoms with Crippen LogP contribution >= 0.6 is 0 Å². The zero-order chi connectivity index (χ0) is 11.5. The fourth-order valence-corrected chi connectivity index (χ4v) is 2.49. The molecule has 0 atom stereocenters. The summed E-state index contributed by atoms with van der Waals surface area (Å²) in [6.45, 7) is 4.49. The number of hydrogen-bond acceptors (Lipinski definition) is 4. The summed E-state index contributed by atoms with van der Waals surface area (Å²) in [5.41, 5.74) is 0. The van der Waals surface area contributed by atoms with E-state index < -0.39 is 0 Å². The summed E-state index contributed by atoms with van der Waals surface area (Å²) < 4.78 is 5.14. The number of aromatic nitrogens is 1. The largest absolute Gasteiger partial charge is 0.360 e. The van der Waals surface area contributed by atoms with Crippen molar-refractivity contribution < 1.29 is 4.52 Å². The normalized spacial score (nSPS) is 23.1. The molecule has 0 spiro atoms. The highest BCUT2D eigenvalue weighted by molar-refractivity contribution is 4.93. The van der Waals surface area contributed by atoms with Crippen molar-refractivity contribution in [3.63, 3.8) is 0 Å². The Kier molecular flexibility index (Phi) is 3.43. The molecule has 0 amide bonds. The highest BCUT2D eigenvalue weighted by atomic mass is 16.5. The molecule has 4 heteroatoms. The van der Waals surface area contributed by atoms with E-state index in [1.54, 1.807) is 6.20 Å². The lowest BCUT2D eigenvalue weighted by Gasteiger charge is -2.31. The second kappa shape index (κ2) is 5.19. The highest BCUT2D eigenvalue weighted by Crippen LogP contribution is 2.28. The standard InChI is InChI=1S/C13H21N3O/c1-2-11(1)9-14-12-4-7-16(8-5-12)10-13-3-6-15-17-13/h3,6,11-12,14H,1-2,4-5,7-10H2. The summed E-state index contributed by atoms with van der Waals surface area (Å²) in [5, 5.41) is 7.44. The number of rotatable bonds is 5. The van der Waals surface area contributed by atoms with E-state index in [9.17, 15) is 0 Å². The zero-order valence-electron chi connectivity index (χ0n) is 10.3. The molecule has 17 heavy (non-hydrogen) atoms. The fraction of sp³-hybridized carbons (Fsp3) is 0.769. The molecular weight excluding hydrogens is 214 g/mol. The molecule has 0 bridgehead atoms. The maximum absolute atomic E-state index is 5.14. The molecule has 2 fully saturated rings. The topological polar surface area (TPSA) is 41.3 Å². The van der Waals surface area contributed by atoms with Crippen LogP contribution in [-0.2, 0) is 6.54 Å². The van der Waals surface area contributed by atoms with E-state index in [0.29, 0.717) is 0 Å². The van der Waals surface area contributed by atoms with Gasteiger partial charge in [0, 0.05) is 25.2 Å². The van der Waals surface area contributed by atoms with Crippen LogP contribution < -0.4 is 5.32 Å². The summed E-state index contributed by atoms with van der Waals surface area (Å²) in [6, 6.07) is 2.69. The molecule has 1 N–H and O–H groups in total. The molecule has 94 valence electrons. The predicted octanol–water partition coefficient (Wildman–Crippen LogP) is 1.64.